The van der Waals surface area contributed by atoms with E-state index < -0.39 is 0 Å². The summed E-state index contributed by atoms with van der Waals surface area (Å²) in [5, 5.41) is 12.6. The van der Waals surface area contributed by atoms with Gasteiger partial charge in [-0.05, 0) is 18.4 Å². The van der Waals surface area contributed by atoms with Gasteiger partial charge in [0, 0.05) is 32.2 Å². The lowest BCUT2D eigenvalue weighted by atomic mass is 10.2. The Morgan fingerprint density at radius 3 is 2.69 bits per heavy atom. The van der Waals surface area contributed by atoms with Crippen molar-refractivity contribution in [2.45, 2.75) is 12.5 Å². The molecular weight excluding hydrogens is 184 g/mol. The van der Waals surface area contributed by atoms with E-state index in [2.05, 4.69) is 16.5 Å². The molecule has 1 rings (SSSR count). The van der Waals surface area contributed by atoms with Gasteiger partial charge in [0.15, 0.2) is 0 Å². The van der Waals surface area contributed by atoms with Crippen LogP contribution in [0.25, 0.3) is 0 Å². The highest BCUT2D eigenvalue weighted by Crippen LogP contribution is 2.08. The quantitative estimate of drug-likeness (QED) is 0.661. The molecule has 1 fully saturated rings. The minimum Gasteiger partial charge on any atom is -0.395 e. The number of nitrogens with one attached hydrogen (secondary N) is 1. The molecule has 1 unspecified atom stereocenters. The first-order valence-corrected chi connectivity index (χ1v) is 6.32. The molecule has 1 aliphatic heterocycles. The van der Waals surface area contributed by atoms with Gasteiger partial charge in [-0.2, -0.15) is 11.8 Å². The van der Waals surface area contributed by atoms with Crippen LogP contribution in [0.15, 0.2) is 0 Å². The molecule has 1 heterocycles. The lowest BCUT2D eigenvalue weighted by molar-refractivity contribution is 0.108. The van der Waals surface area contributed by atoms with E-state index >= 15 is 0 Å². The van der Waals surface area contributed by atoms with Gasteiger partial charge in [0.05, 0.1) is 6.61 Å². The van der Waals surface area contributed by atoms with E-state index in [4.69, 9.17) is 0 Å². The summed E-state index contributed by atoms with van der Waals surface area (Å²) in [5.74, 6) is 1.15. The van der Waals surface area contributed by atoms with Gasteiger partial charge in [0.2, 0.25) is 0 Å². The number of aliphatic hydroxyl groups excluding tert-OH is 1. The van der Waals surface area contributed by atoms with Crippen molar-refractivity contribution in [3.63, 3.8) is 0 Å². The molecular formula is C9H20N2OS. The van der Waals surface area contributed by atoms with Crippen molar-refractivity contribution in [2.75, 3.05) is 44.8 Å². The summed E-state index contributed by atoms with van der Waals surface area (Å²) < 4.78 is 0. The van der Waals surface area contributed by atoms with Crippen LogP contribution in [0, 0.1) is 0 Å². The van der Waals surface area contributed by atoms with E-state index in [0.29, 0.717) is 12.6 Å². The molecule has 4 heteroatoms. The molecule has 0 bridgehead atoms. The van der Waals surface area contributed by atoms with Crippen molar-refractivity contribution in [3.05, 3.63) is 0 Å². The second-order valence-electron chi connectivity index (χ2n) is 3.40. The highest BCUT2D eigenvalue weighted by molar-refractivity contribution is 7.98. The predicted octanol–water partition coefficient (Wildman–Crippen LogP) is 0.00560. The summed E-state index contributed by atoms with van der Waals surface area (Å²) in [6.07, 6.45) is 3.23. The van der Waals surface area contributed by atoms with Crippen LogP contribution in [0.3, 0.4) is 0 Å². The fraction of sp³-hybridized carbons (Fsp3) is 1.00. The summed E-state index contributed by atoms with van der Waals surface area (Å²) >= 11 is 1.86. The van der Waals surface area contributed by atoms with Crippen LogP contribution in [-0.2, 0) is 0 Å². The highest BCUT2D eigenvalue weighted by Gasteiger charge is 2.18. The van der Waals surface area contributed by atoms with Gasteiger partial charge >= 0.3 is 0 Å². The van der Waals surface area contributed by atoms with Crippen LogP contribution >= 0.6 is 11.8 Å². The van der Waals surface area contributed by atoms with Crippen LogP contribution in [0.5, 0.6) is 0 Å². The van der Waals surface area contributed by atoms with Crippen molar-refractivity contribution in [1.29, 1.82) is 0 Å². The number of hydrogen-bond donors (Lipinski definition) is 2. The molecule has 0 aromatic carbocycles. The number of aliphatic hydroxyl groups is 1. The second kappa shape index (κ2) is 6.65. The van der Waals surface area contributed by atoms with Gasteiger partial charge in [-0.15, -0.1) is 0 Å². The maximum Gasteiger partial charge on any atom is 0.0587 e. The number of piperazine rings is 1. The molecule has 0 radical (unpaired) electrons. The molecule has 0 aliphatic carbocycles. The monoisotopic (exact) mass is 204 g/mol. The lowest BCUT2D eigenvalue weighted by Crippen LogP contribution is -2.49. The predicted molar refractivity (Wildman–Crippen MR) is 58.3 cm³/mol. The number of nitrogens with zero attached hydrogens (tertiary/aromatic N) is 1. The maximum atomic E-state index is 9.23. The minimum absolute atomic E-state index is 0.306. The zero-order chi connectivity index (χ0) is 9.52. The van der Waals surface area contributed by atoms with Crippen molar-refractivity contribution in [2.24, 2.45) is 0 Å². The first-order valence-electron chi connectivity index (χ1n) is 4.93. The van der Waals surface area contributed by atoms with Crippen LogP contribution in [0.4, 0.5) is 0 Å². The van der Waals surface area contributed by atoms with Crippen LogP contribution in [0.1, 0.15) is 6.42 Å². The Kier molecular flexibility index (Phi) is 5.78. The zero-order valence-corrected chi connectivity index (χ0v) is 9.15. The number of rotatable bonds is 5. The largest absolute Gasteiger partial charge is 0.395 e. The smallest absolute Gasteiger partial charge is 0.0587 e. The summed E-state index contributed by atoms with van der Waals surface area (Å²) in [5.41, 5.74) is 0. The molecule has 1 saturated heterocycles. The van der Waals surface area contributed by atoms with E-state index in [-0.39, 0.29) is 0 Å². The molecule has 1 atom stereocenters. The van der Waals surface area contributed by atoms with Gasteiger partial charge in [0.25, 0.3) is 0 Å². The van der Waals surface area contributed by atoms with E-state index in [0.717, 1.165) is 38.4 Å². The summed E-state index contributed by atoms with van der Waals surface area (Å²) in [6.45, 7) is 4.60. The Balaban J connectivity index is 2.26. The fourth-order valence-corrected chi connectivity index (χ4v) is 2.20. The van der Waals surface area contributed by atoms with Gasteiger partial charge in [-0.1, -0.05) is 0 Å². The van der Waals surface area contributed by atoms with Gasteiger partial charge in [-0.3, -0.25) is 4.90 Å². The van der Waals surface area contributed by atoms with Gasteiger partial charge < -0.3 is 10.4 Å². The molecule has 1 aliphatic rings. The normalized spacial score (nSPS) is 21.7. The standard InChI is InChI=1S/C9H20N2OS/c1-13-7-2-9(8-12)11-5-3-10-4-6-11/h9-10,12H,2-8H2,1H3. The van der Waals surface area contributed by atoms with Gasteiger partial charge in [-0.25, -0.2) is 0 Å². The van der Waals surface area contributed by atoms with E-state index in [9.17, 15) is 5.11 Å². The third-order valence-corrected chi connectivity index (χ3v) is 3.18. The first kappa shape index (κ1) is 11.3. The lowest BCUT2D eigenvalue weighted by Gasteiger charge is -2.33. The number of thioether (sulfide) groups is 1. The fourth-order valence-electron chi connectivity index (χ4n) is 1.69. The Morgan fingerprint density at radius 2 is 2.15 bits per heavy atom. The highest BCUT2D eigenvalue weighted by atomic mass is 32.2. The first-order chi connectivity index (χ1) is 6.38. The molecule has 0 aromatic rings. The summed E-state index contributed by atoms with van der Waals surface area (Å²) in [7, 11) is 0. The summed E-state index contributed by atoms with van der Waals surface area (Å²) in [6, 6.07) is 0.384. The van der Waals surface area contributed by atoms with Crippen LogP contribution < -0.4 is 5.32 Å². The average molecular weight is 204 g/mol. The average Bonchev–Trinajstić information content (AvgIpc) is 2.21. The van der Waals surface area contributed by atoms with E-state index in [1.54, 1.807) is 0 Å². The van der Waals surface area contributed by atoms with Gasteiger partial charge in [0.1, 0.15) is 0 Å². The van der Waals surface area contributed by atoms with Crippen LogP contribution in [-0.4, -0.2) is 60.8 Å². The summed E-state index contributed by atoms with van der Waals surface area (Å²) in [4.78, 5) is 2.40. The molecule has 0 aromatic heterocycles. The Hall–Kier alpha value is 0.230. The molecule has 0 spiro atoms. The Morgan fingerprint density at radius 1 is 1.46 bits per heavy atom. The molecule has 3 nitrogen and oxygen atoms in total. The topological polar surface area (TPSA) is 35.5 Å². The van der Waals surface area contributed by atoms with Crippen molar-refractivity contribution in [3.8, 4) is 0 Å². The minimum atomic E-state index is 0.306. The second-order valence-corrected chi connectivity index (χ2v) is 4.39. The molecule has 0 amide bonds. The van der Waals surface area contributed by atoms with Crippen molar-refractivity contribution in [1.82, 2.24) is 10.2 Å². The molecule has 0 saturated carbocycles. The Labute approximate surface area is 84.9 Å². The maximum absolute atomic E-state index is 9.23. The number of hydrogen-bond acceptors (Lipinski definition) is 4. The Bertz CT molecular complexity index is 129. The van der Waals surface area contributed by atoms with Crippen molar-refractivity contribution >= 4 is 11.8 Å². The molecule has 78 valence electrons. The van der Waals surface area contributed by atoms with E-state index in [1.807, 2.05) is 11.8 Å². The third-order valence-electron chi connectivity index (χ3n) is 2.53. The molecule has 2 N–H and O–H groups in total. The SMILES string of the molecule is CSCCC(CO)N1CCNCC1. The van der Waals surface area contributed by atoms with E-state index in [1.165, 1.54) is 0 Å². The molecule has 13 heavy (non-hydrogen) atoms. The zero-order valence-electron chi connectivity index (χ0n) is 8.33. The van der Waals surface area contributed by atoms with Crippen molar-refractivity contribution < 1.29 is 5.11 Å². The van der Waals surface area contributed by atoms with Crippen LogP contribution in [0.2, 0.25) is 0 Å². The third kappa shape index (κ3) is 3.85.